The number of rotatable bonds is 6. The van der Waals surface area contributed by atoms with Crippen molar-refractivity contribution in [3.8, 4) is 0 Å². The molecule has 8 atom stereocenters. The van der Waals surface area contributed by atoms with E-state index in [9.17, 15) is 4.79 Å². The van der Waals surface area contributed by atoms with Crippen LogP contribution in [-0.2, 0) is 9.53 Å². The lowest BCUT2D eigenvalue weighted by molar-refractivity contribution is -0.148. The van der Waals surface area contributed by atoms with Crippen LogP contribution in [0.3, 0.4) is 0 Å². The van der Waals surface area contributed by atoms with Gasteiger partial charge in [-0.25, -0.2) is 0 Å². The van der Waals surface area contributed by atoms with Gasteiger partial charge in [0.05, 0.1) is 0 Å². The Morgan fingerprint density at radius 1 is 1.19 bits per heavy atom. The molecule has 0 unspecified atom stereocenters. The number of allylic oxidation sites excluding steroid dienone is 1. The standard InChI is InChI=1S/C29H47ClO2/c1-19(8-7-15-27(3,4)30)24-11-12-25-23-10-9-21-18-22(32-20(2)31)13-16-28(21,5)26(23)14-17-29(24,25)6/h9,19,22-26H,7-8,10-18H2,1-6H3/t19-,22+,23+,24-,25+,26+,28+,29-/m1/s1. The van der Waals surface area contributed by atoms with Gasteiger partial charge in [0.2, 0.25) is 0 Å². The molecule has 3 saturated carbocycles. The third-order valence-electron chi connectivity index (χ3n) is 10.6. The number of esters is 1. The lowest BCUT2D eigenvalue weighted by Gasteiger charge is -2.58. The molecule has 0 saturated heterocycles. The van der Waals surface area contributed by atoms with E-state index in [1.54, 1.807) is 12.5 Å². The van der Waals surface area contributed by atoms with E-state index in [0.717, 1.165) is 48.9 Å². The first-order valence-corrected chi connectivity index (χ1v) is 13.9. The summed E-state index contributed by atoms with van der Waals surface area (Å²) in [5.41, 5.74) is 2.45. The maximum atomic E-state index is 11.5. The van der Waals surface area contributed by atoms with Crippen molar-refractivity contribution in [3.63, 3.8) is 0 Å². The van der Waals surface area contributed by atoms with Crippen molar-refractivity contribution < 1.29 is 9.53 Å². The third-order valence-corrected chi connectivity index (χ3v) is 10.8. The van der Waals surface area contributed by atoms with Crippen molar-refractivity contribution in [2.45, 2.75) is 123 Å². The van der Waals surface area contributed by atoms with E-state index < -0.39 is 0 Å². The molecule has 0 amide bonds. The summed E-state index contributed by atoms with van der Waals surface area (Å²) in [5, 5.41) is 0. The van der Waals surface area contributed by atoms with Gasteiger partial charge in [-0.05, 0) is 106 Å². The molecule has 0 aliphatic heterocycles. The van der Waals surface area contributed by atoms with E-state index >= 15 is 0 Å². The maximum Gasteiger partial charge on any atom is 0.302 e. The van der Waals surface area contributed by atoms with Crippen LogP contribution in [0.1, 0.15) is 112 Å². The number of hydrogen-bond donors (Lipinski definition) is 0. The summed E-state index contributed by atoms with van der Waals surface area (Å²) in [4.78, 5) is 11.4. The van der Waals surface area contributed by atoms with Crippen LogP contribution in [0.25, 0.3) is 0 Å². The fraction of sp³-hybridized carbons (Fsp3) is 0.897. The largest absolute Gasteiger partial charge is 0.462 e. The van der Waals surface area contributed by atoms with Crippen LogP contribution >= 0.6 is 11.6 Å². The fourth-order valence-electron chi connectivity index (χ4n) is 8.98. The Morgan fingerprint density at radius 3 is 2.62 bits per heavy atom. The molecule has 0 heterocycles. The van der Waals surface area contributed by atoms with Crippen LogP contribution in [0, 0.1) is 40.4 Å². The van der Waals surface area contributed by atoms with Gasteiger partial charge in [0.15, 0.2) is 0 Å². The minimum absolute atomic E-state index is 0.0596. The Kier molecular flexibility index (Phi) is 6.88. The topological polar surface area (TPSA) is 26.3 Å². The molecular formula is C29H47ClO2. The van der Waals surface area contributed by atoms with Crippen molar-refractivity contribution in [2.24, 2.45) is 40.4 Å². The zero-order valence-corrected chi connectivity index (χ0v) is 22.3. The average Bonchev–Trinajstić information content (AvgIpc) is 3.04. The fourth-order valence-corrected chi connectivity index (χ4v) is 9.12. The van der Waals surface area contributed by atoms with Crippen LogP contribution in [-0.4, -0.2) is 16.9 Å². The Balaban J connectivity index is 1.45. The first-order valence-electron chi connectivity index (χ1n) is 13.5. The second-order valence-corrected chi connectivity index (χ2v) is 14.1. The Morgan fingerprint density at radius 2 is 1.94 bits per heavy atom. The molecule has 4 aliphatic carbocycles. The molecule has 0 radical (unpaired) electrons. The summed E-state index contributed by atoms with van der Waals surface area (Å²) in [6, 6.07) is 0. The highest BCUT2D eigenvalue weighted by Gasteiger charge is 2.59. The highest BCUT2D eigenvalue weighted by Crippen LogP contribution is 2.67. The van der Waals surface area contributed by atoms with Gasteiger partial charge in [0.1, 0.15) is 6.10 Å². The summed E-state index contributed by atoms with van der Waals surface area (Å²) in [7, 11) is 0. The first kappa shape index (κ1) is 24.6. The normalized spacial score (nSPS) is 42.3. The number of alkyl halides is 1. The summed E-state index contributed by atoms with van der Waals surface area (Å²) < 4.78 is 5.61. The highest BCUT2D eigenvalue weighted by atomic mass is 35.5. The lowest BCUT2D eigenvalue weighted by Crippen LogP contribution is -2.51. The van der Waals surface area contributed by atoms with Gasteiger partial charge in [0, 0.05) is 18.2 Å². The maximum absolute atomic E-state index is 11.5. The lowest BCUT2D eigenvalue weighted by atomic mass is 9.47. The first-order chi connectivity index (χ1) is 14.9. The van der Waals surface area contributed by atoms with Gasteiger partial charge in [0.25, 0.3) is 0 Å². The van der Waals surface area contributed by atoms with Crippen molar-refractivity contribution in [3.05, 3.63) is 11.6 Å². The predicted molar refractivity (Wildman–Crippen MR) is 134 cm³/mol. The number of carbonyl (C=O) groups excluding carboxylic acids is 1. The van der Waals surface area contributed by atoms with Gasteiger partial charge in [-0.1, -0.05) is 45.3 Å². The molecule has 0 aromatic rings. The van der Waals surface area contributed by atoms with Gasteiger partial charge in [-0.3, -0.25) is 4.79 Å². The number of ether oxygens (including phenoxy) is 1. The molecule has 0 N–H and O–H groups in total. The number of hydrogen-bond acceptors (Lipinski definition) is 2. The second-order valence-electron chi connectivity index (χ2n) is 13.1. The third kappa shape index (κ3) is 4.56. The molecule has 0 aromatic heterocycles. The smallest absolute Gasteiger partial charge is 0.302 e. The molecule has 3 fully saturated rings. The summed E-state index contributed by atoms with van der Waals surface area (Å²) in [5.74, 6) is 4.13. The van der Waals surface area contributed by atoms with E-state index in [0.29, 0.717) is 10.8 Å². The minimum atomic E-state index is -0.123. The molecule has 0 bridgehead atoms. The van der Waals surface area contributed by atoms with Gasteiger partial charge >= 0.3 is 5.97 Å². The van der Waals surface area contributed by atoms with Crippen LogP contribution in [0.15, 0.2) is 11.6 Å². The van der Waals surface area contributed by atoms with Gasteiger partial charge in [-0.2, -0.15) is 0 Å². The molecule has 0 aromatic carbocycles. The molecule has 4 aliphatic rings. The summed E-state index contributed by atoms with van der Waals surface area (Å²) in [6.45, 7) is 13.6. The van der Waals surface area contributed by atoms with Crippen molar-refractivity contribution in [1.82, 2.24) is 0 Å². The van der Waals surface area contributed by atoms with E-state index in [-0.39, 0.29) is 16.9 Å². The summed E-state index contributed by atoms with van der Waals surface area (Å²) in [6.07, 6.45) is 16.5. The molecule has 182 valence electrons. The van der Waals surface area contributed by atoms with E-state index in [1.807, 2.05) is 0 Å². The van der Waals surface area contributed by atoms with Gasteiger partial charge < -0.3 is 4.74 Å². The van der Waals surface area contributed by atoms with Crippen molar-refractivity contribution >= 4 is 17.6 Å². The summed E-state index contributed by atoms with van der Waals surface area (Å²) >= 11 is 6.46. The van der Waals surface area contributed by atoms with Gasteiger partial charge in [-0.15, -0.1) is 11.6 Å². The second kappa shape index (κ2) is 8.94. The van der Waals surface area contributed by atoms with Crippen LogP contribution in [0.5, 0.6) is 0 Å². The van der Waals surface area contributed by atoms with Crippen molar-refractivity contribution in [2.75, 3.05) is 0 Å². The van der Waals surface area contributed by atoms with Crippen LogP contribution in [0.2, 0.25) is 0 Å². The molecule has 32 heavy (non-hydrogen) atoms. The number of carbonyl (C=O) groups is 1. The highest BCUT2D eigenvalue weighted by molar-refractivity contribution is 6.23. The quantitative estimate of drug-likeness (QED) is 0.225. The van der Waals surface area contributed by atoms with Crippen molar-refractivity contribution in [1.29, 1.82) is 0 Å². The number of halogens is 1. The SMILES string of the molecule is CC(=O)O[C@H]1CC[C@@]2(C)C(=CC[C@H]3[C@@H]4CC[C@H]([C@H](C)CCCC(C)(C)Cl)[C@@]4(C)CC[C@@H]32)C1. The molecule has 0 spiro atoms. The monoisotopic (exact) mass is 462 g/mol. The van der Waals surface area contributed by atoms with E-state index in [4.69, 9.17) is 16.3 Å². The Bertz CT molecular complexity index is 736. The van der Waals surface area contributed by atoms with Crippen LogP contribution in [0.4, 0.5) is 0 Å². The molecule has 3 heteroatoms. The van der Waals surface area contributed by atoms with E-state index in [2.05, 4.69) is 40.7 Å². The molecular weight excluding hydrogens is 416 g/mol. The zero-order valence-electron chi connectivity index (χ0n) is 21.5. The Hall–Kier alpha value is -0.500. The number of fused-ring (bicyclic) bond motifs is 5. The average molecular weight is 463 g/mol. The zero-order chi connectivity index (χ0) is 23.3. The minimum Gasteiger partial charge on any atom is -0.462 e. The molecule has 2 nitrogen and oxygen atoms in total. The van der Waals surface area contributed by atoms with Crippen LogP contribution < -0.4 is 0 Å². The predicted octanol–water partition coefficient (Wildman–Crippen LogP) is 8.32. The van der Waals surface area contributed by atoms with E-state index in [1.165, 1.54) is 51.4 Å². The Labute approximate surface area is 202 Å². The molecule has 4 rings (SSSR count).